The van der Waals surface area contributed by atoms with Crippen LogP contribution in [0.3, 0.4) is 0 Å². The fraction of sp³-hybridized carbons (Fsp3) is 0.500. The van der Waals surface area contributed by atoms with E-state index in [2.05, 4.69) is 21.8 Å². The Morgan fingerprint density at radius 1 is 1.59 bits per heavy atom. The van der Waals surface area contributed by atoms with E-state index < -0.39 is 0 Å². The first kappa shape index (κ1) is 11.9. The molecule has 1 aromatic heterocycles. The van der Waals surface area contributed by atoms with Crippen LogP contribution in [0.4, 0.5) is 0 Å². The van der Waals surface area contributed by atoms with Gasteiger partial charge in [0.25, 0.3) is 0 Å². The molecule has 0 fully saturated rings. The zero-order valence-electron chi connectivity index (χ0n) is 9.85. The van der Waals surface area contributed by atoms with E-state index in [9.17, 15) is 4.79 Å². The van der Waals surface area contributed by atoms with Crippen LogP contribution >= 0.6 is 0 Å². The average Bonchev–Trinajstić information content (AvgIpc) is 2.83. The molecule has 0 aliphatic carbocycles. The molecule has 1 aliphatic rings. The van der Waals surface area contributed by atoms with E-state index in [1.165, 1.54) is 5.57 Å². The normalized spacial score (nSPS) is 15.4. The van der Waals surface area contributed by atoms with Gasteiger partial charge < -0.3 is 10.6 Å². The molecule has 0 spiro atoms. The highest BCUT2D eigenvalue weighted by molar-refractivity contribution is 5.75. The van der Waals surface area contributed by atoms with E-state index in [1.54, 1.807) is 17.1 Å². The molecule has 0 saturated heterocycles. The summed E-state index contributed by atoms with van der Waals surface area (Å²) in [5.41, 5.74) is 1.43. The molecule has 5 heteroatoms. The van der Waals surface area contributed by atoms with E-state index in [1.807, 2.05) is 6.07 Å². The van der Waals surface area contributed by atoms with Crippen molar-refractivity contribution < 1.29 is 4.79 Å². The Labute approximate surface area is 101 Å². The largest absolute Gasteiger partial charge is 0.354 e. The van der Waals surface area contributed by atoms with Crippen LogP contribution in [0.5, 0.6) is 0 Å². The first-order valence-electron chi connectivity index (χ1n) is 5.97. The topological polar surface area (TPSA) is 59.0 Å². The van der Waals surface area contributed by atoms with Crippen LogP contribution < -0.4 is 10.6 Å². The van der Waals surface area contributed by atoms with Gasteiger partial charge in [-0.2, -0.15) is 5.10 Å². The molecule has 17 heavy (non-hydrogen) atoms. The summed E-state index contributed by atoms with van der Waals surface area (Å²) < 4.78 is 1.62. The summed E-state index contributed by atoms with van der Waals surface area (Å²) in [6.45, 7) is 3.02. The Kier molecular flexibility index (Phi) is 4.32. The maximum Gasteiger partial charge on any atom is 0.241 e. The maximum atomic E-state index is 11.5. The molecule has 1 aliphatic heterocycles. The van der Waals surface area contributed by atoms with Crippen molar-refractivity contribution in [1.82, 2.24) is 20.4 Å². The number of nitrogens with zero attached hydrogens (tertiary/aromatic N) is 2. The first-order chi connectivity index (χ1) is 8.34. The molecule has 5 nitrogen and oxygen atoms in total. The van der Waals surface area contributed by atoms with Gasteiger partial charge in [-0.05, 0) is 25.5 Å². The van der Waals surface area contributed by atoms with Crippen LogP contribution in [0.1, 0.15) is 12.8 Å². The third-order valence-corrected chi connectivity index (χ3v) is 2.79. The number of nitrogens with one attached hydrogen (secondary N) is 2. The average molecular weight is 234 g/mol. The molecule has 0 radical (unpaired) electrons. The standard InChI is InChI=1S/C12H18N4O/c17-12(10-16-9-1-5-15-16)14-8-4-11-2-6-13-7-3-11/h1-2,5,9,13H,3-4,6-8,10H2,(H,14,17). The second-order valence-corrected chi connectivity index (χ2v) is 4.12. The molecule has 92 valence electrons. The van der Waals surface area contributed by atoms with E-state index in [0.29, 0.717) is 13.1 Å². The van der Waals surface area contributed by atoms with Gasteiger partial charge in [-0.15, -0.1) is 0 Å². The second-order valence-electron chi connectivity index (χ2n) is 4.12. The zero-order valence-corrected chi connectivity index (χ0v) is 9.85. The Morgan fingerprint density at radius 3 is 3.24 bits per heavy atom. The number of amides is 1. The van der Waals surface area contributed by atoms with Crippen molar-refractivity contribution in [3.05, 3.63) is 30.1 Å². The van der Waals surface area contributed by atoms with Crippen LogP contribution in [-0.4, -0.2) is 35.3 Å². The van der Waals surface area contributed by atoms with Crippen molar-refractivity contribution in [3.8, 4) is 0 Å². The van der Waals surface area contributed by atoms with Crippen molar-refractivity contribution in [2.24, 2.45) is 0 Å². The monoisotopic (exact) mass is 234 g/mol. The van der Waals surface area contributed by atoms with Crippen LogP contribution in [-0.2, 0) is 11.3 Å². The van der Waals surface area contributed by atoms with Crippen LogP contribution in [0.15, 0.2) is 30.1 Å². The predicted octanol–water partition coefficient (Wildman–Crippen LogP) is 0.309. The van der Waals surface area contributed by atoms with E-state index in [-0.39, 0.29) is 5.91 Å². The number of carbonyl (C=O) groups is 1. The lowest BCUT2D eigenvalue weighted by Gasteiger charge is -2.14. The van der Waals surface area contributed by atoms with Gasteiger partial charge in [-0.25, -0.2) is 0 Å². The molecule has 0 saturated carbocycles. The van der Waals surface area contributed by atoms with Crippen LogP contribution in [0, 0.1) is 0 Å². The quantitative estimate of drug-likeness (QED) is 0.721. The summed E-state index contributed by atoms with van der Waals surface area (Å²) in [6.07, 6.45) is 7.72. The third kappa shape index (κ3) is 4.03. The van der Waals surface area contributed by atoms with Gasteiger partial charge in [0.2, 0.25) is 5.91 Å². The predicted molar refractivity (Wildman–Crippen MR) is 65.4 cm³/mol. The molecular weight excluding hydrogens is 216 g/mol. The summed E-state index contributed by atoms with van der Waals surface area (Å²) in [4.78, 5) is 11.5. The van der Waals surface area contributed by atoms with Crippen molar-refractivity contribution in [1.29, 1.82) is 0 Å². The van der Waals surface area contributed by atoms with E-state index in [4.69, 9.17) is 0 Å². The summed E-state index contributed by atoms with van der Waals surface area (Å²) in [5, 5.41) is 10.2. The summed E-state index contributed by atoms with van der Waals surface area (Å²) in [6, 6.07) is 1.81. The number of aromatic nitrogens is 2. The fourth-order valence-electron chi connectivity index (χ4n) is 1.86. The lowest BCUT2D eigenvalue weighted by Crippen LogP contribution is -2.29. The van der Waals surface area contributed by atoms with Crippen LogP contribution in [0.25, 0.3) is 0 Å². The lowest BCUT2D eigenvalue weighted by atomic mass is 10.1. The number of hydrogen-bond donors (Lipinski definition) is 2. The number of rotatable bonds is 5. The van der Waals surface area contributed by atoms with Crippen molar-refractivity contribution >= 4 is 5.91 Å². The summed E-state index contributed by atoms with van der Waals surface area (Å²) >= 11 is 0. The van der Waals surface area contributed by atoms with Crippen molar-refractivity contribution in [3.63, 3.8) is 0 Å². The Morgan fingerprint density at radius 2 is 2.53 bits per heavy atom. The van der Waals surface area contributed by atoms with Gasteiger partial charge in [-0.1, -0.05) is 11.6 Å². The Bertz CT molecular complexity index is 383. The minimum Gasteiger partial charge on any atom is -0.354 e. The van der Waals surface area contributed by atoms with Gasteiger partial charge in [0, 0.05) is 25.5 Å². The first-order valence-corrected chi connectivity index (χ1v) is 5.97. The smallest absolute Gasteiger partial charge is 0.241 e. The number of carbonyl (C=O) groups excluding carboxylic acids is 1. The summed E-state index contributed by atoms with van der Waals surface area (Å²) in [7, 11) is 0. The molecule has 0 bridgehead atoms. The molecular formula is C12H18N4O. The van der Waals surface area contributed by atoms with E-state index >= 15 is 0 Å². The molecule has 0 atom stereocenters. The highest BCUT2D eigenvalue weighted by Gasteiger charge is 2.05. The molecule has 2 N–H and O–H groups in total. The van der Waals surface area contributed by atoms with E-state index in [0.717, 1.165) is 25.9 Å². The zero-order chi connectivity index (χ0) is 11.9. The molecule has 0 aromatic carbocycles. The lowest BCUT2D eigenvalue weighted by molar-refractivity contribution is -0.121. The van der Waals surface area contributed by atoms with Crippen molar-refractivity contribution in [2.45, 2.75) is 19.4 Å². The van der Waals surface area contributed by atoms with Crippen molar-refractivity contribution in [2.75, 3.05) is 19.6 Å². The highest BCUT2D eigenvalue weighted by Crippen LogP contribution is 2.07. The van der Waals surface area contributed by atoms with Gasteiger partial charge in [-0.3, -0.25) is 9.48 Å². The highest BCUT2D eigenvalue weighted by atomic mass is 16.2. The molecule has 2 rings (SSSR count). The third-order valence-electron chi connectivity index (χ3n) is 2.79. The fourth-order valence-corrected chi connectivity index (χ4v) is 1.86. The molecule has 1 amide bonds. The van der Waals surface area contributed by atoms with Gasteiger partial charge >= 0.3 is 0 Å². The maximum absolute atomic E-state index is 11.5. The van der Waals surface area contributed by atoms with Gasteiger partial charge in [0.05, 0.1) is 0 Å². The minimum atomic E-state index is 0.0169. The Hall–Kier alpha value is -1.62. The minimum absolute atomic E-state index is 0.0169. The second kappa shape index (κ2) is 6.20. The Balaban J connectivity index is 1.64. The van der Waals surface area contributed by atoms with Gasteiger partial charge in [0.1, 0.15) is 6.54 Å². The SMILES string of the molecule is O=C(Cn1cccn1)NCCC1=CCNCC1. The van der Waals surface area contributed by atoms with Crippen LogP contribution in [0.2, 0.25) is 0 Å². The van der Waals surface area contributed by atoms with Gasteiger partial charge in [0.15, 0.2) is 0 Å². The molecule has 2 heterocycles. The molecule has 0 unspecified atom stereocenters. The number of hydrogen-bond acceptors (Lipinski definition) is 3. The molecule has 1 aromatic rings. The summed E-state index contributed by atoms with van der Waals surface area (Å²) in [5.74, 6) is 0.0169.